The van der Waals surface area contributed by atoms with Crippen molar-refractivity contribution in [2.75, 3.05) is 5.73 Å². The number of aromatic nitrogens is 3. The van der Waals surface area contributed by atoms with E-state index < -0.39 is 23.2 Å². The third-order valence-corrected chi connectivity index (χ3v) is 7.08. The molecular weight excluding hydrogens is 467 g/mol. The van der Waals surface area contributed by atoms with Gasteiger partial charge in [0.15, 0.2) is 0 Å². The summed E-state index contributed by atoms with van der Waals surface area (Å²) in [5.41, 5.74) is 11.5. The van der Waals surface area contributed by atoms with Gasteiger partial charge in [0, 0.05) is 11.1 Å². The van der Waals surface area contributed by atoms with E-state index in [1.54, 1.807) is 25.1 Å². The number of alkyl halides is 3. The molecule has 7 nitrogen and oxygen atoms in total. The third-order valence-electron chi connectivity index (χ3n) is 6.01. The number of primary amides is 1. The van der Waals surface area contributed by atoms with Crippen LogP contribution >= 0.6 is 11.3 Å². The molecule has 0 aliphatic heterocycles. The predicted molar refractivity (Wildman–Crippen MR) is 123 cm³/mol. The van der Waals surface area contributed by atoms with Crippen molar-refractivity contribution in [3.63, 3.8) is 0 Å². The Morgan fingerprint density at radius 1 is 1.24 bits per heavy atom. The molecule has 0 unspecified atom stereocenters. The monoisotopic (exact) mass is 487 g/mol. The maximum absolute atomic E-state index is 13.5. The van der Waals surface area contributed by atoms with Crippen molar-refractivity contribution in [1.29, 1.82) is 0 Å². The van der Waals surface area contributed by atoms with Gasteiger partial charge < -0.3 is 16.6 Å². The lowest BCUT2D eigenvalue weighted by Gasteiger charge is -2.41. The standard InChI is InChI=1S/C23H20F3N5O2S/c1-22(33)9-12(10-22)31-19(27)17(20(28)32)18(30-31)11-6-7-16-15(8-11)29-21(34-16)13-4-2-3-5-14(13)23(24,25)26/h2-8,12,33H,9-10,27H2,1H3,(H2,28,32). The minimum absolute atomic E-state index is 0.00105. The van der Waals surface area contributed by atoms with Crippen LogP contribution in [0.4, 0.5) is 19.0 Å². The van der Waals surface area contributed by atoms with Crippen LogP contribution < -0.4 is 11.5 Å². The number of carbonyl (C=O) groups excluding carboxylic acids is 1. The Bertz CT molecular complexity index is 1430. The molecule has 11 heteroatoms. The van der Waals surface area contributed by atoms with Crippen molar-refractivity contribution in [1.82, 2.24) is 14.8 Å². The highest BCUT2D eigenvalue weighted by Gasteiger charge is 2.42. The molecule has 2 heterocycles. The molecule has 1 saturated carbocycles. The quantitative estimate of drug-likeness (QED) is 0.388. The van der Waals surface area contributed by atoms with Gasteiger partial charge in [-0.1, -0.05) is 24.3 Å². The molecule has 0 saturated heterocycles. The molecule has 1 amide bonds. The highest BCUT2D eigenvalue weighted by Crippen LogP contribution is 2.44. The SMILES string of the molecule is CC1(O)CC(n2nc(-c3ccc4sc(-c5ccccc5C(F)(F)F)nc4c3)c(C(N)=O)c2N)C1. The fourth-order valence-electron chi connectivity index (χ4n) is 4.41. The Kier molecular flexibility index (Phi) is 4.96. The number of hydrogen-bond donors (Lipinski definition) is 3. The summed E-state index contributed by atoms with van der Waals surface area (Å²) in [6.07, 6.45) is -3.64. The number of hydrogen-bond acceptors (Lipinski definition) is 6. The highest BCUT2D eigenvalue weighted by molar-refractivity contribution is 7.21. The Morgan fingerprint density at radius 3 is 2.59 bits per heavy atom. The zero-order chi connectivity index (χ0) is 24.4. The van der Waals surface area contributed by atoms with Gasteiger partial charge in [0.05, 0.1) is 27.4 Å². The van der Waals surface area contributed by atoms with Crippen molar-refractivity contribution < 1.29 is 23.1 Å². The third kappa shape index (κ3) is 3.70. The molecule has 0 radical (unpaired) electrons. The van der Waals surface area contributed by atoms with E-state index in [0.29, 0.717) is 28.6 Å². The molecule has 0 bridgehead atoms. The Balaban J connectivity index is 1.59. The van der Waals surface area contributed by atoms with Crippen LogP contribution in [0, 0.1) is 0 Å². The molecule has 1 aliphatic carbocycles. The fourth-order valence-corrected chi connectivity index (χ4v) is 5.39. The Labute approximate surface area is 195 Å². The van der Waals surface area contributed by atoms with E-state index in [-0.39, 0.29) is 33.7 Å². The molecule has 1 aliphatic rings. The molecule has 0 spiro atoms. The first-order valence-corrected chi connectivity index (χ1v) is 11.2. The Hall–Kier alpha value is -3.44. The van der Waals surface area contributed by atoms with Crippen LogP contribution in [0.25, 0.3) is 32.0 Å². The van der Waals surface area contributed by atoms with Gasteiger partial charge in [-0.05, 0) is 38.0 Å². The number of anilines is 1. The first kappa shape index (κ1) is 22.4. The fraction of sp³-hybridized carbons (Fsp3) is 0.261. The van der Waals surface area contributed by atoms with Gasteiger partial charge in [-0.2, -0.15) is 18.3 Å². The summed E-state index contributed by atoms with van der Waals surface area (Å²) in [4.78, 5) is 16.6. The maximum Gasteiger partial charge on any atom is 0.417 e. The van der Waals surface area contributed by atoms with E-state index >= 15 is 0 Å². The summed E-state index contributed by atoms with van der Waals surface area (Å²) in [6, 6.07) is 10.2. The van der Waals surface area contributed by atoms with Gasteiger partial charge in [0.2, 0.25) is 0 Å². The summed E-state index contributed by atoms with van der Waals surface area (Å²) >= 11 is 1.14. The van der Waals surface area contributed by atoms with E-state index in [1.807, 2.05) is 0 Å². The number of benzene rings is 2. The second-order valence-corrected chi connectivity index (χ2v) is 9.75. The van der Waals surface area contributed by atoms with Crippen LogP contribution in [-0.4, -0.2) is 31.4 Å². The van der Waals surface area contributed by atoms with Crippen LogP contribution in [0.15, 0.2) is 42.5 Å². The average Bonchev–Trinajstić information content (AvgIpc) is 3.31. The first-order chi connectivity index (χ1) is 15.9. The second-order valence-electron chi connectivity index (χ2n) is 8.72. The Morgan fingerprint density at radius 2 is 1.94 bits per heavy atom. The largest absolute Gasteiger partial charge is 0.417 e. The smallest absolute Gasteiger partial charge is 0.390 e. The average molecular weight is 488 g/mol. The number of rotatable bonds is 4. The van der Waals surface area contributed by atoms with E-state index in [2.05, 4.69) is 10.1 Å². The lowest BCUT2D eigenvalue weighted by atomic mass is 9.77. The summed E-state index contributed by atoms with van der Waals surface area (Å²) < 4.78 is 42.6. The van der Waals surface area contributed by atoms with Crippen LogP contribution in [0.2, 0.25) is 0 Å². The van der Waals surface area contributed by atoms with Crippen molar-refractivity contribution in [2.24, 2.45) is 5.73 Å². The molecule has 2 aromatic carbocycles. The van der Waals surface area contributed by atoms with E-state index in [1.165, 1.54) is 22.9 Å². The minimum atomic E-state index is -4.51. The van der Waals surface area contributed by atoms with Crippen LogP contribution in [0.3, 0.4) is 0 Å². The minimum Gasteiger partial charge on any atom is -0.390 e. The number of nitrogen functional groups attached to an aromatic ring is 1. The number of fused-ring (bicyclic) bond motifs is 1. The number of nitrogens with two attached hydrogens (primary N) is 2. The van der Waals surface area contributed by atoms with Crippen LogP contribution in [0.1, 0.15) is 41.7 Å². The van der Waals surface area contributed by atoms with Gasteiger partial charge in [0.1, 0.15) is 22.1 Å². The number of amides is 1. The summed E-state index contributed by atoms with van der Waals surface area (Å²) in [5, 5.41) is 14.8. The summed E-state index contributed by atoms with van der Waals surface area (Å²) in [5.74, 6) is -0.635. The van der Waals surface area contributed by atoms with Crippen LogP contribution in [-0.2, 0) is 6.18 Å². The maximum atomic E-state index is 13.5. The molecule has 34 heavy (non-hydrogen) atoms. The molecule has 5 rings (SSSR count). The lowest BCUT2D eigenvalue weighted by molar-refractivity contribution is -0.137. The number of halogens is 3. The molecular formula is C23H20F3N5O2S. The number of thiazole rings is 1. The highest BCUT2D eigenvalue weighted by atomic mass is 32.1. The van der Waals surface area contributed by atoms with Gasteiger partial charge in [0.25, 0.3) is 5.91 Å². The summed E-state index contributed by atoms with van der Waals surface area (Å²) in [6.45, 7) is 1.71. The second kappa shape index (κ2) is 7.54. The van der Waals surface area contributed by atoms with Gasteiger partial charge in [-0.25, -0.2) is 9.67 Å². The topological polar surface area (TPSA) is 120 Å². The normalized spacial score (nSPS) is 20.4. The van der Waals surface area contributed by atoms with Crippen molar-refractivity contribution in [3.8, 4) is 21.8 Å². The number of nitrogens with zero attached hydrogens (tertiary/aromatic N) is 3. The number of carbonyl (C=O) groups is 1. The zero-order valence-corrected chi connectivity index (χ0v) is 18.7. The molecule has 1 fully saturated rings. The van der Waals surface area contributed by atoms with E-state index in [9.17, 15) is 23.1 Å². The number of aliphatic hydroxyl groups is 1. The molecule has 0 atom stereocenters. The molecule has 5 N–H and O–H groups in total. The van der Waals surface area contributed by atoms with E-state index in [4.69, 9.17) is 11.5 Å². The van der Waals surface area contributed by atoms with Gasteiger partial charge >= 0.3 is 6.18 Å². The van der Waals surface area contributed by atoms with Crippen molar-refractivity contribution >= 4 is 33.3 Å². The van der Waals surface area contributed by atoms with Crippen molar-refractivity contribution in [3.05, 3.63) is 53.6 Å². The summed E-state index contributed by atoms with van der Waals surface area (Å²) in [7, 11) is 0. The lowest BCUT2D eigenvalue weighted by Crippen LogP contribution is -2.42. The molecule has 4 aromatic rings. The molecule has 176 valence electrons. The molecule has 2 aromatic heterocycles. The predicted octanol–water partition coefficient (Wildman–Crippen LogP) is 4.61. The zero-order valence-electron chi connectivity index (χ0n) is 17.9. The van der Waals surface area contributed by atoms with Gasteiger partial charge in [-0.3, -0.25) is 4.79 Å². The van der Waals surface area contributed by atoms with Gasteiger partial charge in [-0.15, -0.1) is 11.3 Å². The van der Waals surface area contributed by atoms with Crippen LogP contribution in [0.5, 0.6) is 0 Å². The first-order valence-electron chi connectivity index (χ1n) is 10.4. The van der Waals surface area contributed by atoms with Crippen molar-refractivity contribution in [2.45, 2.75) is 37.6 Å². The van der Waals surface area contributed by atoms with E-state index in [0.717, 1.165) is 17.4 Å².